The largest absolute Gasteiger partial charge is 0.496 e. The molecule has 1 unspecified atom stereocenters. The number of nitrogens with one attached hydrogen (secondary N) is 1. The third kappa shape index (κ3) is 2.92. The van der Waals surface area contributed by atoms with Gasteiger partial charge in [-0.25, -0.2) is 0 Å². The fourth-order valence-electron chi connectivity index (χ4n) is 2.01. The van der Waals surface area contributed by atoms with Crippen LogP contribution in [0.25, 0.3) is 0 Å². The van der Waals surface area contributed by atoms with Gasteiger partial charge in [0.15, 0.2) is 0 Å². The first-order valence-electron chi connectivity index (χ1n) is 6.03. The third-order valence-corrected chi connectivity index (χ3v) is 2.97. The molecule has 1 heterocycles. The molecule has 1 aromatic carbocycles. The number of methoxy groups -OCH3 is 1. The molecule has 0 bridgehead atoms. The number of nitrogen functional groups attached to an aromatic ring is 1. The zero-order valence-corrected chi connectivity index (χ0v) is 10.4. The van der Waals surface area contributed by atoms with E-state index in [2.05, 4.69) is 5.32 Å². The number of benzene rings is 1. The average Bonchev–Trinajstić information content (AvgIpc) is 2.39. The minimum atomic E-state index is -0.151. The van der Waals surface area contributed by atoms with E-state index in [0.717, 1.165) is 19.4 Å². The van der Waals surface area contributed by atoms with E-state index in [1.807, 2.05) is 0 Å². The molecule has 1 fully saturated rings. The van der Waals surface area contributed by atoms with Crippen molar-refractivity contribution in [3.63, 3.8) is 0 Å². The fourth-order valence-corrected chi connectivity index (χ4v) is 2.01. The number of hydrogen-bond donors (Lipinski definition) is 2. The Kier molecular flexibility index (Phi) is 4.04. The molecule has 1 aromatic rings. The molecule has 1 saturated heterocycles. The third-order valence-electron chi connectivity index (χ3n) is 2.97. The van der Waals surface area contributed by atoms with Crippen LogP contribution in [-0.4, -0.2) is 32.3 Å². The summed E-state index contributed by atoms with van der Waals surface area (Å²) >= 11 is 0. The second-order valence-corrected chi connectivity index (χ2v) is 4.35. The highest BCUT2D eigenvalue weighted by Crippen LogP contribution is 2.21. The summed E-state index contributed by atoms with van der Waals surface area (Å²) in [5, 5.41) is 2.94. The van der Waals surface area contributed by atoms with Crippen LogP contribution < -0.4 is 15.8 Å². The van der Waals surface area contributed by atoms with Gasteiger partial charge in [0, 0.05) is 18.4 Å². The lowest BCUT2D eigenvalue weighted by molar-refractivity contribution is 0.0623. The molecule has 1 aliphatic rings. The van der Waals surface area contributed by atoms with Crippen molar-refractivity contribution in [3.05, 3.63) is 23.8 Å². The van der Waals surface area contributed by atoms with Crippen molar-refractivity contribution < 1.29 is 14.3 Å². The first-order chi connectivity index (χ1) is 8.70. The Morgan fingerprint density at radius 2 is 2.39 bits per heavy atom. The summed E-state index contributed by atoms with van der Waals surface area (Å²) in [6, 6.07) is 5.09. The van der Waals surface area contributed by atoms with Crippen LogP contribution in [-0.2, 0) is 4.74 Å². The summed E-state index contributed by atoms with van der Waals surface area (Å²) in [7, 11) is 1.52. The van der Waals surface area contributed by atoms with E-state index < -0.39 is 0 Å². The van der Waals surface area contributed by atoms with E-state index in [9.17, 15) is 4.79 Å². The molecule has 0 spiro atoms. The Morgan fingerprint density at radius 1 is 1.56 bits per heavy atom. The van der Waals surface area contributed by atoms with Gasteiger partial charge in [-0.05, 0) is 25.0 Å². The van der Waals surface area contributed by atoms with Gasteiger partial charge < -0.3 is 20.5 Å². The van der Waals surface area contributed by atoms with Gasteiger partial charge in [0.05, 0.1) is 25.3 Å². The van der Waals surface area contributed by atoms with Gasteiger partial charge in [-0.1, -0.05) is 0 Å². The van der Waals surface area contributed by atoms with Crippen LogP contribution in [0.4, 0.5) is 5.69 Å². The van der Waals surface area contributed by atoms with Gasteiger partial charge >= 0.3 is 0 Å². The molecule has 1 atom stereocenters. The fraction of sp³-hybridized carbons (Fsp3) is 0.462. The number of rotatable bonds is 3. The summed E-state index contributed by atoms with van der Waals surface area (Å²) in [6.07, 6.45) is 1.92. The number of hydrogen-bond acceptors (Lipinski definition) is 4. The molecule has 0 aromatic heterocycles. The van der Waals surface area contributed by atoms with Crippen LogP contribution in [0.15, 0.2) is 18.2 Å². The predicted molar refractivity (Wildman–Crippen MR) is 68.7 cm³/mol. The lowest BCUT2D eigenvalue weighted by Crippen LogP contribution is -2.40. The summed E-state index contributed by atoms with van der Waals surface area (Å²) in [4.78, 5) is 12.1. The lowest BCUT2D eigenvalue weighted by atomic mass is 10.1. The smallest absolute Gasteiger partial charge is 0.255 e. The Morgan fingerprint density at radius 3 is 3.06 bits per heavy atom. The average molecular weight is 250 g/mol. The molecule has 98 valence electrons. The molecular weight excluding hydrogens is 232 g/mol. The zero-order valence-electron chi connectivity index (χ0n) is 10.4. The first kappa shape index (κ1) is 12.7. The minimum absolute atomic E-state index is 0.0773. The number of nitrogens with two attached hydrogens (primary N) is 1. The van der Waals surface area contributed by atoms with Crippen LogP contribution in [0.1, 0.15) is 23.2 Å². The number of amides is 1. The summed E-state index contributed by atoms with van der Waals surface area (Å²) < 4.78 is 10.5. The highest BCUT2D eigenvalue weighted by atomic mass is 16.5. The van der Waals surface area contributed by atoms with E-state index in [4.69, 9.17) is 15.2 Å². The summed E-state index contributed by atoms with van der Waals surface area (Å²) in [5.74, 6) is 0.339. The first-order valence-corrected chi connectivity index (χ1v) is 6.03. The SMILES string of the molecule is COc1cc(N)ccc1C(=O)NC1CCCOC1. The maximum Gasteiger partial charge on any atom is 0.255 e. The van der Waals surface area contributed by atoms with E-state index >= 15 is 0 Å². The van der Waals surface area contributed by atoms with Crippen LogP contribution in [0, 0.1) is 0 Å². The van der Waals surface area contributed by atoms with Crippen LogP contribution >= 0.6 is 0 Å². The second kappa shape index (κ2) is 5.73. The molecule has 18 heavy (non-hydrogen) atoms. The van der Waals surface area contributed by atoms with Crippen LogP contribution in [0.3, 0.4) is 0 Å². The van der Waals surface area contributed by atoms with E-state index in [0.29, 0.717) is 23.6 Å². The standard InChI is InChI=1S/C13H18N2O3/c1-17-12-7-9(14)4-5-11(12)13(16)15-10-3-2-6-18-8-10/h4-5,7,10H,2-3,6,8,14H2,1H3,(H,15,16). The Balaban J connectivity index is 2.08. The van der Waals surface area contributed by atoms with Crippen LogP contribution in [0.2, 0.25) is 0 Å². The van der Waals surface area contributed by atoms with Crippen molar-refractivity contribution in [2.24, 2.45) is 0 Å². The molecule has 0 aliphatic carbocycles. The quantitative estimate of drug-likeness (QED) is 0.790. The van der Waals surface area contributed by atoms with Crippen LogP contribution in [0.5, 0.6) is 5.75 Å². The summed E-state index contributed by atoms with van der Waals surface area (Å²) in [5.41, 5.74) is 6.73. The molecule has 0 saturated carbocycles. The molecular formula is C13H18N2O3. The monoisotopic (exact) mass is 250 g/mol. The normalized spacial score (nSPS) is 19.3. The lowest BCUT2D eigenvalue weighted by Gasteiger charge is -2.23. The molecule has 5 nitrogen and oxygen atoms in total. The number of carbonyl (C=O) groups is 1. The predicted octanol–water partition coefficient (Wildman–Crippen LogP) is 1.19. The molecule has 1 amide bonds. The molecule has 2 rings (SSSR count). The van der Waals surface area contributed by atoms with Gasteiger partial charge in [0.2, 0.25) is 0 Å². The van der Waals surface area contributed by atoms with Crippen molar-refractivity contribution in [2.75, 3.05) is 26.1 Å². The van der Waals surface area contributed by atoms with E-state index in [1.54, 1.807) is 18.2 Å². The number of ether oxygens (including phenoxy) is 2. The van der Waals surface area contributed by atoms with Gasteiger partial charge in [0.25, 0.3) is 5.91 Å². The van der Waals surface area contributed by atoms with Gasteiger partial charge in [-0.2, -0.15) is 0 Å². The Hall–Kier alpha value is -1.75. The molecule has 0 radical (unpaired) electrons. The molecule has 5 heteroatoms. The zero-order chi connectivity index (χ0) is 13.0. The minimum Gasteiger partial charge on any atom is -0.496 e. The van der Waals surface area contributed by atoms with Gasteiger partial charge in [-0.15, -0.1) is 0 Å². The highest BCUT2D eigenvalue weighted by Gasteiger charge is 2.19. The van der Waals surface area contributed by atoms with Crippen molar-refractivity contribution in [2.45, 2.75) is 18.9 Å². The van der Waals surface area contributed by atoms with Gasteiger partial charge in [0.1, 0.15) is 5.75 Å². The van der Waals surface area contributed by atoms with Crippen molar-refractivity contribution in [1.29, 1.82) is 0 Å². The van der Waals surface area contributed by atoms with Crippen molar-refractivity contribution in [3.8, 4) is 5.75 Å². The number of carbonyl (C=O) groups excluding carboxylic acids is 1. The maximum absolute atomic E-state index is 12.1. The van der Waals surface area contributed by atoms with Gasteiger partial charge in [-0.3, -0.25) is 4.79 Å². The number of anilines is 1. The molecule has 1 aliphatic heterocycles. The summed E-state index contributed by atoms with van der Waals surface area (Å²) in [6.45, 7) is 1.35. The second-order valence-electron chi connectivity index (χ2n) is 4.35. The highest BCUT2D eigenvalue weighted by molar-refractivity contribution is 5.97. The van der Waals surface area contributed by atoms with Crippen molar-refractivity contribution in [1.82, 2.24) is 5.32 Å². The Bertz CT molecular complexity index is 428. The Labute approximate surface area is 106 Å². The van der Waals surface area contributed by atoms with E-state index in [1.165, 1.54) is 7.11 Å². The van der Waals surface area contributed by atoms with Crippen molar-refractivity contribution >= 4 is 11.6 Å². The molecule has 3 N–H and O–H groups in total. The topological polar surface area (TPSA) is 73.6 Å². The maximum atomic E-state index is 12.1. The van der Waals surface area contributed by atoms with E-state index in [-0.39, 0.29) is 11.9 Å².